The van der Waals surface area contributed by atoms with Gasteiger partial charge in [0.15, 0.2) is 9.84 Å². The van der Waals surface area contributed by atoms with E-state index in [9.17, 15) is 22.4 Å². The van der Waals surface area contributed by atoms with Crippen LogP contribution in [0.15, 0.2) is 47.4 Å². The number of rotatable bonds is 6. The highest BCUT2D eigenvalue weighted by molar-refractivity contribution is 7.91. The minimum absolute atomic E-state index is 0.0454. The fourth-order valence-corrected chi connectivity index (χ4v) is 4.66. The minimum Gasteiger partial charge on any atom is -0.384 e. The Kier molecular flexibility index (Phi) is 7.30. The second-order valence-electron chi connectivity index (χ2n) is 7.04. The van der Waals surface area contributed by atoms with E-state index in [1.54, 1.807) is 9.80 Å². The Morgan fingerprint density at radius 2 is 1.58 bits per heavy atom. The third-order valence-corrected chi connectivity index (χ3v) is 7.04. The number of benzene rings is 2. The van der Waals surface area contributed by atoms with Gasteiger partial charge in [-0.1, -0.05) is 11.6 Å². The molecule has 0 saturated carbocycles. The quantitative estimate of drug-likeness (QED) is 0.650. The van der Waals surface area contributed by atoms with Crippen LogP contribution in [0.3, 0.4) is 0 Å². The lowest BCUT2D eigenvalue weighted by molar-refractivity contribution is 0.0535. The van der Waals surface area contributed by atoms with Crippen LogP contribution in [0.4, 0.5) is 4.39 Å². The number of sulfone groups is 1. The second kappa shape index (κ2) is 9.76. The third-order valence-electron chi connectivity index (χ3n) is 5.03. The van der Waals surface area contributed by atoms with Crippen LogP contribution < -0.4 is 0 Å². The van der Waals surface area contributed by atoms with Gasteiger partial charge >= 0.3 is 0 Å². The Balaban J connectivity index is 1.62. The number of hydrogen-bond donors (Lipinski definition) is 0. The summed E-state index contributed by atoms with van der Waals surface area (Å²) in [5, 5.41) is 0.0454. The van der Waals surface area contributed by atoms with Crippen molar-refractivity contribution in [3.8, 4) is 0 Å². The summed E-state index contributed by atoms with van der Waals surface area (Å²) in [6, 6.07) is 9.41. The average Bonchev–Trinajstić information content (AvgIpc) is 2.77. The molecule has 1 heterocycles. The van der Waals surface area contributed by atoms with Gasteiger partial charge in [-0.05, 0) is 42.5 Å². The van der Waals surface area contributed by atoms with Crippen molar-refractivity contribution in [3.63, 3.8) is 0 Å². The molecule has 1 aliphatic rings. The van der Waals surface area contributed by atoms with Gasteiger partial charge in [0.05, 0.1) is 27.8 Å². The van der Waals surface area contributed by atoms with Crippen LogP contribution in [-0.4, -0.2) is 75.7 Å². The van der Waals surface area contributed by atoms with Crippen molar-refractivity contribution >= 4 is 33.3 Å². The smallest absolute Gasteiger partial charge is 0.255 e. The Morgan fingerprint density at radius 3 is 2.13 bits per heavy atom. The summed E-state index contributed by atoms with van der Waals surface area (Å²) >= 11 is 5.97. The van der Waals surface area contributed by atoms with Crippen LogP contribution >= 0.6 is 11.6 Å². The van der Waals surface area contributed by atoms with Crippen molar-refractivity contribution in [3.05, 3.63) is 64.4 Å². The maximum Gasteiger partial charge on any atom is 0.255 e. The first-order chi connectivity index (χ1) is 14.7. The Labute approximate surface area is 185 Å². The largest absolute Gasteiger partial charge is 0.384 e. The number of nitrogens with zero attached hydrogens (tertiary/aromatic N) is 2. The lowest BCUT2D eigenvalue weighted by atomic mass is 10.1. The highest BCUT2D eigenvalue weighted by Crippen LogP contribution is 2.20. The monoisotopic (exact) mass is 468 g/mol. The fourth-order valence-electron chi connectivity index (χ4n) is 3.24. The van der Waals surface area contributed by atoms with Crippen molar-refractivity contribution in [2.75, 3.05) is 45.6 Å². The first-order valence-electron chi connectivity index (χ1n) is 9.58. The highest BCUT2D eigenvalue weighted by Gasteiger charge is 2.27. The Morgan fingerprint density at radius 1 is 1.00 bits per heavy atom. The molecule has 0 aliphatic carbocycles. The predicted octanol–water partition coefficient (Wildman–Crippen LogP) is 2.50. The third kappa shape index (κ3) is 5.41. The number of carbonyl (C=O) groups excluding carboxylic acids is 2. The molecule has 10 heteroatoms. The zero-order valence-electron chi connectivity index (χ0n) is 16.9. The van der Waals surface area contributed by atoms with Crippen molar-refractivity contribution in [1.29, 1.82) is 0 Å². The normalized spacial score (nSPS) is 14.5. The fraction of sp³-hybridized carbons (Fsp3) is 0.333. The van der Waals surface area contributed by atoms with E-state index in [0.717, 1.165) is 6.07 Å². The summed E-state index contributed by atoms with van der Waals surface area (Å²) in [7, 11) is -2.04. The van der Waals surface area contributed by atoms with Gasteiger partial charge in [-0.3, -0.25) is 9.59 Å². The molecule has 0 N–H and O–H groups in total. The zero-order valence-corrected chi connectivity index (χ0v) is 18.5. The molecule has 1 saturated heterocycles. The van der Waals surface area contributed by atoms with E-state index in [1.165, 1.54) is 43.5 Å². The molecule has 2 aromatic rings. The maximum absolute atomic E-state index is 13.2. The molecule has 2 amide bonds. The lowest BCUT2D eigenvalue weighted by Gasteiger charge is -2.35. The first-order valence-corrected chi connectivity index (χ1v) is 11.6. The summed E-state index contributed by atoms with van der Waals surface area (Å²) < 4.78 is 42.4. The second-order valence-corrected chi connectivity index (χ2v) is 9.56. The van der Waals surface area contributed by atoms with Crippen LogP contribution in [0.2, 0.25) is 5.02 Å². The molecule has 0 bridgehead atoms. The van der Waals surface area contributed by atoms with Gasteiger partial charge in [-0.2, -0.15) is 0 Å². The SMILES string of the molecule is COCCS(=O)(=O)c1ccc(C(=O)N2CCN(C(=O)c3ccc(F)cc3Cl)CC2)cc1. The summed E-state index contributed by atoms with van der Waals surface area (Å²) in [5.41, 5.74) is 0.583. The summed E-state index contributed by atoms with van der Waals surface area (Å²) in [4.78, 5) is 28.7. The minimum atomic E-state index is -3.47. The standard InChI is InChI=1S/C21H22ClFN2O5S/c1-30-12-13-31(28,29)17-5-2-15(3-6-17)20(26)24-8-10-25(11-9-24)21(27)18-7-4-16(23)14-19(18)22/h2-7,14H,8-13H2,1H3. The topological polar surface area (TPSA) is 84.0 Å². The first kappa shape index (κ1) is 23.2. The predicted molar refractivity (Wildman–Crippen MR) is 114 cm³/mol. The molecule has 0 spiro atoms. The molecule has 7 nitrogen and oxygen atoms in total. The zero-order chi connectivity index (χ0) is 22.6. The molecule has 2 aromatic carbocycles. The van der Waals surface area contributed by atoms with Crippen LogP contribution in [0.25, 0.3) is 0 Å². The summed E-state index contributed by atoms with van der Waals surface area (Å²) in [5.74, 6) is -1.21. The maximum atomic E-state index is 13.2. The molecule has 0 radical (unpaired) electrons. The molecule has 1 aliphatic heterocycles. The Hall–Kier alpha value is -2.49. The molecule has 0 aromatic heterocycles. The van der Waals surface area contributed by atoms with Crippen LogP contribution in [0.1, 0.15) is 20.7 Å². The van der Waals surface area contributed by atoms with Gasteiger partial charge in [0.1, 0.15) is 5.82 Å². The number of ether oxygens (including phenoxy) is 1. The van der Waals surface area contributed by atoms with Crippen LogP contribution in [0, 0.1) is 5.82 Å². The molecule has 1 fully saturated rings. The van der Waals surface area contributed by atoms with Gasteiger partial charge in [0.2, 0.25) is 0 Å². The number of amides is 2. The van der Waals surface area contributed by atoms with E-state index in [2.05, 4.69) is 0 Å². The van der Waals surface area contributed by atoms with Gasteiger partial charge < -0.3 is 14.5 Å². The van der Waals surface area contributed by atoms with Crippen molar-refractivity contribution in [1.82, 2.24) is 9.80 Å². The van der Waals surface area contributed by atoms with E-state index < -0.39 is 15.7 Å². The van der Waals surface area contributed by atoms with Gasteiger partial charge in [0.25, 0.3) is 11.8 Å². The number of hydrogen-bond acceptors (Lipinski definition) is 5. The molecule has 3 rings (SSSR count). The van der Waals surface area contributed by atoms with Gasteiger partial charge in [-0.25, -0.2) is 12.8 Å². The van der Waals surface area contributed by atoms with E-state index in [-0.39, 0.29) is 39.7 Å². The summed E-state index contributed by atoms with van der Waals surface area (Å²) in [6.45, 7) is 1.34. The molecule has 31 heavy (non-hydrogen) atoms. The number of carbonyl (C=O) groups is 2. The Bertz CT molecular complexity index is 1070. The number of methoxy groups -OCH3 is 1. The molecule has 166 valence electrons. The van der Waals surface area contributed by atoms with E-state index in [4.69, 9.17) is 16.3 Å². The van der Waals surface area contributed by atoms with Crippen LogP contribution in [-0.2, 0) is 14.6 Å². The number of halogens is 2. The van der Waals surface area contributed by atoms with Crippen molar-refractivity contribution < 1.29 is 27.1 Å². The molecule has 0 unspecified atom stereocenters. The lowest BCUT2D eigenvalue weighted by Crippen LogP contribution is -2.50. The van der Waals surface area contributed by atoms with Crippen LogP contribution in [0.5, 0.6) is 0 Å². The van der Waals surface area contributed by atoms with Crippen molar-refractivity contribution in [2.24, 2.45) is 0 Å². The van der Waals surface area contributed by atoms with Gasteiger partial charge in [-0.15, -0.1) is 0 Å². The molecule has 0 atom stereocenters. The molecular formula is C21H22ClFN2O5S. The number of piperazine rings is 1. The highest BCUT2D eigenvalue weighted by atomic mass is 35.5. The van der Waals surface area contributed by atoms with E-state index in [0.29, 0.717) is 31.7 Å². The average molecular weight is 469 g/mol. The van der Waals surface area contributed by atoms with Gasteiger partial charge in [0, 0.05) is 38.9 Å². The summed E-state index contributed by atoms with van der Waals surface area (Å²) in [6.07, 6.45) is 0. The van der Waals surface area contributed by atoms with E-state index in [1.807, 2.05) is 0 Å². The van der Waals surface area contributed by atoms with E-state index >= 15 is 0 Å². The molecular weight excluding hydrogens is 447 g/mol. The van der Waals surface area contributed by atoms with Crippen molar-refractivity contribution in [2.45, 2.75) is 4.90 Å².